The third-order valence-corrected chi connectivity index (χ3v) is 3.81. The predicted molar refractivity (Wildman–Crippen MR) is 62.2 cm³/mol. The molecule has 1 atom stereocenters. The highest BCUT2D eigenvalue weighted by Crippen LogP contribution is 2.36. The van der Waals surface area contributed by atoms with Crippen molar-refractivity contribution in [3.63, 3.8) is 0 Å². The van der Waals surface area contributed by atoms with Crippen LogP contribution in [0.5, 0.6) is 11.5 Å². The average Bonchev–Trinajstić information content (AvgIpc) is 2.66. The summed E-state index contributed by atoms with van der Waals surface area (Å²) in [6, 6.07) is 4.47. The highest BCUT2D eigenvalue weighted by atomic mass is 32.2. The Balaban J connectivity index is 2.43. The Hall–Kier alpha value is -1.69. The summed E-state index contributed by atoms with van der Waals surface area (Å²) in [5.41, 5.74) is -0.947. The van der Waals surface area contributed by atoms with Gasteiger partial charge in [0.05, 0.1) is 11.5 Å². The minimum absolute atomic E-state index is 0.250. The number of hydrogen-bond donors (Lipinski definition) is 2. The molecule has 0 spiro atoms. The molecule has 0 fully saturated rings. The number of carboxylic acids is 1. The number of phenolic OH excluding ortho intramolecular Hbond substituents is 2. The smallest absolute Gasteiger partial charge is 0.167 e. The van der Waals surface area contributed by atoms with Crippen LogP contribution in [-0.2, 0) is 4.79 Å². The third kappa shape index (κ3) is 1.95. The number of carboxylic acid groups (broad SMARTS) is 1. The molecule has 1 aliphatic heterocycles. The molecule has 1 aromatic carbocycles. The Labute approximate surface area is 102 Å². The molecular weight excluding hydrogens is 242 g/mol. The van der Waals surface area contributed by atoms with Crippen LogP contribution in [0.1, 0.15) is 12.5 Å². The maximum Gasteiger partial charge on any atom is 0.167 e. The van der Waals surface area contributed by atoms with E-state index in [1.165, 1.54) is 24.8 Å². The number of aromatic hydroxyl groups is 2. The van der Waals surface area contributed by atoms with Crippen molar-refractivity contribution in [3.05, 3.63) is 23.8 Å². The number of hydrogen-bond acceptors (Lipinski definition) is 6. The molecule has 0 amide bonds. The summed E-state index contributed by atoms with van der Waals surface area (Å²) < 4.78 is 0. The van der Waals surface area contributed by atoms with Gasteiger partial charge >= 0.3 is 0 Å². The first-order valence-corrected chi connectivity index (χ1v) is 5.88. The van der Waals surface area contributed by atoms with E-state index >= 15 is 0 Å². The number of aliphatic carboxylic acids is 1. The number of carbonyl (C=O) groups excluding carboxylic acids is 1. The Morgan fingerprint density at radius 2 is 2.24 bits per heavy atom. The van der Waals surface area contributed by atoms with Gasteiger partial charge in [0, 0.05) is 5.75 Å². The largest absolute Gasteiger partial charge is 0.547 e. The normalized spacial score (nSPS) is 23.5. The number of benzene rings is 1. The minimum Gasteiger partial charge on any atom is -0.547 e. The fourth-order valence-corrected chi connectivity index (χ4v) is 2.63. The summed E-state index contributed by atoms with van der Waals surface area (Å²) in [6.45, 7) is 1.46. The first-order chi connectivity index (χ1) is 7.94. The van der Waals surface area contributed by atoms with Crippen LogP contribution >= 0.6 is 11.8 Å². The number of nitrogens with zero attached hydrogens (tertiary/aromatic N) is 1. The van der Waals surface area contributed by atoms with Crippen LogP contribution < -0.4 is 5.11 Å². The molecule has 2 N–H and O–H groups in total. The van der Waals surface area contributed by atoms with Gasteiger partial charge in [-0.2, -0.15) is 0 Å². The molecule has 1 heterocycles. The van der Waals surface area contributed by atoms with Crippen molar-refractivity contribution in [2.45, 2.75) is 12.5 Å². The van der Waals surface area contributed by atoms with E-state index in [4.69, 9.17) is 0 Å². The minimum atomic E-state index is -1.28. The Kier molecular flexibility index (Phi) is 2.74. The molecule has 0 aliphatic carbocycles. The molecule has 0 saturated heterocycles. The van der Waals surface area contributed by atoms with Crippen molar-refractivity contribution in [2.75, 3.05) is 5.75 Å². The summed E-state index contributed by atoms with van der Waals surface area (Å²) in [7, 11) is 0. The lowest BCUT2D eigenvalue weighted by atomic mass is 10.1. The molecule has 0 saturated carbocycles. The number of aliphatic imine (C=N–C) groups is 1. The third-order valence-electron chi connectivity index (χ3n) is 2.52. The van der Waals surface area contributed by atoms with Gasteiger partial charge in [-0.25, -0.2) is 0 Å². The topological polar surface area (TPSA) is 93.0 Å². The van der Waals surface area contributed by atoms with E-state index in [0.29, 0.717) is 10.6 Å². The van der Waals surface area contributed by atoms with Gasteiger partial charge in [-0.15, -0.1) is 11.8 Å². The van der Waals surface area contributed by atoms with Gasteiger partial charge in [0.2, 0.25) is 0 Å². The molecule has 0 unspecified atom stereocenters. The highest BCUT2D eigenvalue weighted by Gasteiger charge is 2.33. The zero-order valence-corrected chi connectivity index (χ0v) is 9.82. The zero-order chi connectivity index (χ0) is 12.6. The summed E-state index contributed by atoms with van der Waals surface area (Å²) in [5.74, 6) is -1.55. The molecule has 90 valence electrons. The van der Waals surface area contributed by atoms with Crippen molar-refractivity contribution < 1.29 is 20.1 Å². The summed E-state index contributed by atoms with van der Waals surface area (Å²) in [5, 5.41) is 30.3. The Morgan fingerprint density at radius 1 is 1.53 bits per heavy atom. The highest BCUT2D eigenvalue weighted by molar-refractivity contribution is 8.14. The van der Waals surface area contributed by atoms with Gasteiger partial charge in [-0.3, -0.25) is 4.99 Å². The van der Waals surface area contributed by atoms with Crippen molar-refractivity contribution in [3.8, 4) is 11.5 Å². The van der Waals surface area contributed by atoms with Crippen LogP contribution in [0, 0.1) is 0 Å². The summed E-state index contributed by atoms with van der Waals surface area (Å²) in [6.07, 6.45) is 0. The fraction of sp³-hybridized carbons (Fsp3) is 0.273. The van der Waals surface area contributed by atoms with Crippen LogP contribution in [0.25, 0.3) is 0 Å². The number of para-hydroxylation sites is 1. The van der Waals surface area contributed by atoms with Crippen LogP contribution in [-0.4, -0.2) is 32.5 Å². The summed E-state index contributed by atoms with van der Waals surface area (Å²) in [4.78, 5) is 14.9. The average molecular weight is 252 g/mol. The molecule has 0 bridgehead atoms. The first kappa shape index (κ1) is 11.8. The van der Waals surface area contributed by atoms with E-state index in [0.717, 1.165) is 0 Å². The first-order valence-electron chi connectivity index (χ1n) is 4.89. The number of carbonyl (C=O) groups is 1. The van der Waals surface area contributed by atoms with Gasteiger partial charge < -0.3 is 20.1 Å². The van der Waals surface area contributed by atoms with Crippen LogP contribution in [0.2, 0.25) is 0 Å². The lowest BCUT2D eigenvalue weighted by Gasteiger charge is -2.19. The van der Waals surface area contributed by atoms with Gasteiger partial charge in [-0.1, -0.05) is 6.07 Å². The molecule has 2 rings (SSSR count). The predicted octanol–water partition coefficient (Wildman–Crippen LogP) is 0.0998. The van der Waals surface area contributed by atoms with Gasteiger partial charge in [0.25, 0.3) is 0 Å². The summed E-state index contributed by atoms with van der Waals surface area (Å²) >= 11 is 1.21. The molecule has 6 heteroatoms. The molecule has 1 aromatic rings. The lowest BCUT2D eigenvalue weighted by molar-refractivity contribution is -0.311. The number of phenols is 2. The second kappa shape index (κ2) is 3.96. The van der Waals surface area contributed by atoms with E-state index in [1.807, 2.05) is 0 Å². The molecule has 0 radical (unpaired) electrons. The molecule has 0 aromatic heterocycles. The van der Waals surface area contributed by atoms with E-state index in [2.05, 4.69) is 4.99 Å². The second-order valence-corrected chi connectivity index (χ2v) is 4.90. The number of thioether (sulfide) groups is 1. The van der Waals surface area contributed by atoms with E-state index in [-0.39, 0.29) is 17.3 Å². The van der Waals surface area contributed by atoms with Crippen LogP contribution in [0.3, 0.4) is 0 Å². The van der Waals surface area contributed by atoms with Gasteiger partial charge in [0.1, 0.15) is 10.6 Å². The Bertz CT molecular complexity index is 514. The maximum absolute atomic E-state index is 10.9. The monoisotopic (exact) mass is 252 g/mol. The van der Waals surface area contributed by atoms with Crippen LogP contribution in [0.15, 0.2) is 23.2 Å². The standard InChI is InChI=1S/C11H11NO4S/c1-11(10(15)16)5-17-9(12-11)6-3-2-4-7(13)8(6)14/h2-4,13-14H,5H2,1H3,(H,15,16)/p-1/t11-/m1/s1. The van der Waals surface area contributed by atoms with E-state index in [1.54, 1.807) is 12.1 Å². The number of rotatable bonds is 2. The lowest BCUT2D eigenvalue weighted by Crippen LogP contribution is -2.45. The zero-order valence-electron chi connectivity index (χ0n) is 9.01. The second-order valence-electron chi connectivity index (χ2n) is 3.94. The van der Waals surface area contributed by atoms with Gasteiger partial charge in [-0.05, 0) is 19.1 Å². The SMILES string of the molecule is C[C@]1(C(=O)[O-])CSC(c2cccc(O)c2O)=N1. The van der Waals surface area contributed by atoms with E-state index in [9.17, 15) is 20.1 Å². The van der Waals surface area contributed by atoms with Crippen molar-refractivity contribution in [1.29, 1.82) is 0 Å². The molecule has 17 heavy (non-hydrogen) atoms. The molecular formula is C11H10NO4S-. The fourth-order valence-electron chi connectivity index (χ4n) is 1.44. The molecule has 5 nitrogen and oxygen atoms in total. The van der Waals surface area contributed by atoms with Crippen molar-refractivity contribution in [2.24, 2.45) is 4.99 Å². The van der Waals surface area contributed by atoms with Crippen molar-refractivity contribution >= 4 is 22.8 Å². The van der Waals surface area contributed by atoms with Crippen LogP contribution in [0.4, 0.5) is 0 Å². The van der Waals surface area contributed by atoms with E-state index < -0.39 is 11.5 Å². The van der Waals surface area contributed by atoms with Gasteiger partial charge in [0.15, 0.2) is 11.5 Å². The Morgan fingerprint density at radius 3 is 2.82 bits per heavy atom. The molecule has 1 aliphatic rings. The quantitative estimate of drug-likeness (QED) is 0.728. The van der Waals surface area contributed by atoms with Crippen molar-refractivity contribution in [1.82, 2.24) is 0 Å². The maximum atomic E-state index is 10.9.